The van der Waals surface area contributed by atoms with Crippen LogP contribution in [0.3, 0.4) is 0 Å². The summed E-state index contributed by atoms with van der Waals surface area (Å²) < 4.78 is 18.6. The Balaban J connectivity index is 2.12. The number of benzene rings is 2. The van der Waals surface area contributed by atoms with E-state index in [2.05, 4.69) is 10.3 Å². The lowest BCUT2D eigenvalue weighted by Crippen LogP contribution is -2.07. The van der Waals surface area contributed by atoms with E-state index >= 15 is 0 Å². The Morgan fingerprint density at radius 1 is 1.21 bits per heavy atom. The van der Waals surface area contributed by atoms with Crippen molar-refractivity contribution in [2.75, 3.05) is 26.5 Å². The van der Waals surface area contributed by atoms with E-state index in [0.29, 0.717) is 22.3 Å². The zero-order chi connectivity index (χ0) is 17.7. The minimum atomic E-state index is -0.402. The molecule has 0 saturated heterocycles. The van der Waals surface area contributed by atoms with E-state index in [4.69, 9.17) is 27.9 Å². The topological polar surface area (TPSA) is 36.9 Å². The van der Waals surface area contributed by atoms with Crippen molar-refractivity contribution >= 4 is 40.9 Å². The van der Waals surface area contributed by atoms with Gasteiger partial charge < -0.3 is 15.0 Å². The van der Waals surface area contributed by atoms with E-state index < -0.39 is 5.82 Å². The molecule has 2 aromatic rings. The molecule has 128 valence electrons. The molecule has 0 aliphatic rings. The quantitative estimate of drug-likeness (QED) is 0.576. The van der Waals surface area contributed by atoms with Gasteiger partial charge >= 0.3 is 0 Å². The van der Waals surface area contributed by atoms with E-state index in [1.165, 1.54) is 13.2 Å². The van der Waals surface area contributed by atoms with Gasteiger partial charge in [0.1, 0.15) is 5.69 Å². The minimum absolute atomic E-state index is 0.216. The van der Waals surface area contributed by atoms with Gasteiger partial charge in [-0.2, -0.15) is 0 Å². The molecule has 0 heterocycles. The SMILES string of the molecule is COc1ccc(CNc2cc(Cl)c(/N=C\N(C)C)c(Cl)c2)cc1F. The minimum Gasteiger partial charge on any atom is -0.494 e. The molecule has 1 N–H and O–H groups in total. The highest BCUT2D eigenvalue weighted by Gasteiger charge is 2.08. The molecule has 0 fully saturated rings. The summed E-state index contributed by atoms with van der Waals surface area (Å²) in [6.45, 7) is 0.424. The van der Waals surface area contributed by atoms with Gasteiger partial charge in [-0.05, 0) is 29.8 Å². The van der Waals surface area contributed by atoms with Crippen molar-refractivity contribution in [2.45, 2.75) is 6.54 Å². The van der Waals surface area contributed by atoms with Crippen molar-refractivity contribution in [3.8, 4) is 5.75 Å². The third kappa shape index (κ3) is 4.76. The molecule has 0 aliphatic carbocycles. The maximum atomic E-state index is 13.7. The number of hydrogen-bond donors (Lipinski definition) is 1. The van der Waals surface area contributed by atoms with Crippen LogP contribution >= 0.6 is 23.2 Å². The first-order valence-corrected chi connectivity index (χ1v) is 7.92. The molecule has 7 heteroatoms. The van der Waals surface area contributed by atoms with Crippen LogP contribution in [-0.2, 0) is 6.54 Å². The number of nitrogens with one attached hydrogen (secondary N) is 1. The van der Waals surface area contributed by atoms with Crippen LogP contribution in [0.1, 0.15) is 5.56 Å². The Morgan fingerprint density at radius 3 is 2.42 bits per heavy atom. The van der Waals surface area contributed by atoms with Gasteiger partial charge in [0.2, 0.25) is 0 Å². The standard InChI is InChI=1S/C17H18Cl2FN3O/c1-23(2)10-22-17-13(18)7-12(8-14(17)19)21-9-11-4-5-16(24-3)15(20)6-11/h4-8,10,21H,9H2,1-3H3/b22-10-. The van der Waals surface area contributed by atoms with Gasteiger partial charge in [-0.15, -0.1) is 0 Å². The zero-order valence-electron chi connectivity index (χ0n) is 13.6. The average Bonchev–Trinajstić information content (AvgIpc) is 2.52. The number of ether oxygens (including phenoxy) is 1. The molecular weight excluding hydrogens is 352 g/mol. The first kappa shape index (κ1) is 18.4. The van der Waals surface area contributed by atoms with Gasteiger partial charge in [-0.1, -0.05) is 29.3 Å². The highest BCUT2D eigenvalue weighted by atomic mass is 35.5. The molecular formula is C17H18Cl2FN3O. The van der Waals surface area contributed by atoms with Crippen molar-refractivity contribution in [3.05, 3.63) is 51.8 Å². The molecule has 4 nitrogen and oxygen atoms in total. The summed E-state index contributed by atoms with van der Waals surface area (Å²) in [5.41, 5.74) is 2.01. The Bertz CT molecular complexity index is 728. The van der Waals surface area contributed by atoms with Crippen LogP contribution in [0, 0.1) is 5.82 Å². The Kier molecular flexibility index (Phi) is 6.29. The third-order valence-electron chi connectivity index (χ3n) is 3.15. The first-order chi connectivity index (χ1) is 11.4. The zero-order valence-corrected chi connectivity index (χ0v) is 15.1. The Hall–Kier alpha value is -1.98. The second-order valence-corrected chi connectivity index (χ2v) is 6.13. The molecule has 24 heavy (non-hydrogen) atoms. The predicted molar refractivity (Wildman–Crippen MR) is 98.6 cm³/mol. The highest BCUT2D eigenvalue weighted by Crippen LogP contribution is 2.36. The number of halogens is 3. The van der Waals surface area contributed by atoms with Crippen LogP contribution in [0.5, 0.6) is 5.75 Å². The van der Waals surface area contributed by atoms with Gasteiger partial charge in [0.25, 0.3) is 0 Å². The number of methoxy groups -OCH3 is 1. The molecule has 2 aromatic carbocycles. The van der Waals surface area contributed by atoms with Gasteiger partial charge in [0.15, 0.2) is 11.6 Å². The average molecular weight is 370 g/mol. The summed E-state index contributed by atoms with van der Waals surface area (Å²) in [7, 11) is 5.14. The van der Waals surface area contributed by atoms with E-state index in [1.807, 2.05) is 14.1 Å². The lowest BCUT2D eigenvalue weighted by molar-refractivity contribution is 0.386. The summed E-state index contributed by atoms with van der Waals surface area (Å²) in [6, 6.07) is 8.26. The lowest BCUT2D eigenvalue weighted by atomic mass is 10.2. The highest BCUT2D eigenvalue weighted by molar-refractivity contribution is 6.39. The van der Waals surface area contributed by atoms with Crippen LogP contribution < -0.4 is 10.1 Å². The predicted octanol–water partition coefficient (Wildman–Crippen LogP) is 4.97. The van der Waals surface area contributed by atoms with Crippen LogP contribution in [-0.4, -0.2) is 32.4 Å². The largest absolute Gasteiger partial charge is 0.494 e. The summed E-state index contributed by atoms with van der Waals surface area (Å²) in [6.07, 6.45) is 1.63. The second-order valence-electron chi connectivity index (χ2n) is 5.32. The van der Waals surface area contributed by atoms with Crippen molar-refractivity contribution in [3.63, 3.8) is 0 Å². The number of nitrogens with zero attached hydrogens (tertiary/aromatic N) is 2. The molecule has 0 bridgehead atoms. The molecule has 0 unspecified atom stereocenters. The van der Waals surface area contributed by atoms with E-state index in [1.54, 1.807) is 35.5 Å². The summed E-state index contributed by atoms with van der Waals surface area (Å²) in [4.78, 5) is 6.03. The lowest BCUT2D eigenvalue weighted by Gasteiger charge is -2.11. The molecule has 2 rings (SSSR count). The van der Waals surface area contributed by atoms with E-state index in [9.17, 15) is 4.39 Å². The number of aliphatic imine (C=N–C) groups is 1. The van der Waals surface area contributed by atoms with Crippen molar-refractivity contribution in [1.29, 1.82) is 0 Å². The van der Waals surface area contributed by atoms with Crippen molar-refractivity contribution in [2.24, 2.45) is 4.99 Å². The summed E-state index contributed by atoms with van der Waals surface area (Å²) in [5, 5.41) is 4.03. The monoisotopic (exact) mass is 369 g/mol. The molecule has 0 aromatic heterocycles. The smallest absolute Gasteiger partial charge is 0.165 e. The fraction of sp³-hybridized carbons (Fsp3) is 0.235. The maximum absolute atomic E-state index is 13.7. The third-order valence-corrected chi connectivity index (χ3v) is 3.72. The molecule has 0 atom stereocenters. The maximum Gasteiger partial charge on any atom is 0.165 e. The van der Waals surface area contributed by atoms with Crippen LogP contribution in [0.25, 0.3) is 0 Å². The summed E-state index contributed by atoms with van der Waals surface area (Å²) >= 11 is 12.5. The fourth-order valence-corrected chi connectivity index (χ4v) is 2.57. The van der Waals surface area contributed by atoms with Crippen molar-refractivity contribution in [1.82, 2.24) is 4.90 Å². The van der Waals surface area contributed by atoms with E-state index in [0.717, 1.165) is 11.3 Å². The number of anilines is 1. The first-order valence-electron chi connectivity index (χ1n) is 7.16. The van der Waals surface area contributed by atoms with Gasteiger partial charge in [-0.25, -0.2) is 9.38 Å². The van der Waals surface area contributed by atoms with Gasteiger partial charge in [0.05, 0.1) is 23.5 Å². The summed E-state index contributed by atoms with van der Waals surface area (Å²) in [5.74, 6) is -0.186. The van der Waals surface area contributed by atoms with Gasteiger partial charge in [-0.3, -0.25) is 0 Å². The normalized spacial score (nSPS) is 10.9. The van der Waals surface area contributed by atoms with E-state index in [-0.39, 0.29) is 5.75 Å². The molecule has 0 aliphatic heterocycles. The van der Waals surface area contributed by atoms with Crippen molar-refractivity contribution < 1.29 is 9.13 Å². The molecule has 0 spiro atoms. The Labute approximate surface area is 150 Å². The molecule has 0 amide bonds. The number of hydrogen-bond acceptors (Lipinski definition) is 3. The molecule has 0 saturated carbocycles. The molecule has 0 radical (unpaired) electrons. The Morgan fingerprint density at radius 2 is 1.88 bits per heavy atom. The fourth-order valence-electron chi connectivity index (χ4n) is 1.99. The van der Waals surface area contributed by atoms with Crippen LogP contribution in [0.2, 0.25) is 10.0 Å². The van der Waals surface area contributed by atoms with Gasteiger partial charge in [0, 0.05) is 26.3 Å². The van der Waals surface area contributed by atoms with Crippen LogP contribution in [0.4, 0.5) is 15.8 Å². The number of rotatable bonds is 6. The second kappa shape index (κ2) is 8.22. The van der Waals surface area contributed by atoms with Crippen LogP contribution in [0.15, 0.2) is 35.3 Å².